The largest absolute Gasteiger partial charge is 0.581 e. The first kappa shape index (κ1) is 15.3. The molecule has 0 fully saturated rings. The molecule has 0 saturated carbocycles. The lowest BCUT2D eigenvalue weighted by Gasteiger charge is -1.93. The van der Waals surface area contributed by atoms with Gasteiger partial charge >= 0.3 is 18.3 Å². The van der Waals surface area contributed by atoms with Crippen LogP contribution in [0.4, 0.5) is 18.6 Å². The first-order valence-electron chi connectivity index (χ1n) is 3.09. The predicted molar refractivity (Wildman–Crippen MR) is 38.2 cm³/mol. The molecule has 0 atom stereocenters. The second kappa shape index (κ2) is 9.89. The van der Waals surface area contributed by atoms with Gasteiger partial charge in [-0.1, -0.05) is 6.58 Å². The van der Waals surface area contributed by atoms with Crippen molar-refractivity contribution in [2.75, 3.05) is 0 Å². The van der Waals surface area contributed by atoms with Crippen LogP contribution in [0.15, 0.2) is 12.8 Å². The van der Waals surface area contributed by atoms with Crippen molar-refractivity contribution in [1.29, 1.82) is 0 Å². The Morgan fingerprint density at radius 2 is 1.60 bits per heavy atom. The molecule has 7 nitrogen and oxygen atoms in total. The van der Waals surface area contributed by atoms with Crippen LogP contribution in [-0.2, 0) is 24.2 Å². The molecule has 0 bridgehead atoms. The molecule has 9 heteroatoms. The van der Waals surface area contributed by atoms with E-state index in [0.29, 0.717) is 0 Å². The molecule has 0 aromatic carbocycles. The molecule has 0 spiro atoms. The maximum absolute atomic E-state index is 10.2. The van der Waals surface area contributed by atoms with Crippen LogP contribution in [-0.4, -0.2) is 18.3 Å². The smallest absolute Gasteiger partial charge is 0.403 e. The summed E-state index contributed by atoms with van der Waals surface area (Å²) in [6.07, 6.45) is -2.17. The lowest BCUT2D eigenvalue weighted by Crippen LogP contribution is -2.07. The zero-order chi connectivity index (χ0) is 12.3. The molecular formula is C6H6F2O7. The molecule has 0 N–H and O–H groups in total. The van der Waals surface area contributed by atoms with E-state index in [1.54, 1.807) is 0 Å². The molecule has 0 aromatic heterocycles. The second-order valence-electron chi connectivity index (χ2n) is 1.53. The Morgan fingerprint density at radius 1 is 1.13 bits per heavy atom. The molecule has 0 aliphatic carbocycles. The van der Waals surface area contributed by atoms with Gasteiger partial charge in [0, 0.05) is 16.0 Å². The van der Waals surface area contributed by atoms with Crippen molar-refractivity contribution in [2.45, 2.75) is 6.92 Å². The molecular weight excluding hydrogens is 222 g/mol. The van der Waals surface area contributed by atoms with Crippen molar-refractivity contribution in [3.05, 3.63) is 12.8 Å². The van der Waals surface area contributed by atoms with Crippen LogP contribution in [0.2, 0.25) is 0 Å². The minimum absolute atomic E-state index is 0.707. The quantitative estimate of drug-likeness (QED) is 0.383. The van der Waals surface area contributed by atoms with E-state index in [4.69, 9.17) is 4.79 Å². The fourth-order valence-corrected chi connectivity index (χ4v) is 0.221. The Hall–Kier alpha value is -2.19. The molecule has 0 saturated heterocycles. The minimum Gasteiger partial charge on any atom is -0.403 e. The third kappa shape index (κ3) is 14.6. The molecule has 0 radical (unpaired) electrons. The van der Waals surface area contributed by atoms with E-state index in [1.807, 2.05) is 0 Å². The summed E-state index contributed by atoms with van der Waals surface area (Å²) in [5, 5.41) is 0. The Labute approximate surface area is 82.0 Å². The van der Waals surface area contributed by atoms with Crippen LogP contribution in [0, 0.1) is 0 Å². The van der Waals surface area contributed by atoms with E-state index in [1.165, 1.54) is 0 Å². The number of ether oxygens (including phenoxy) is 2. The summed E-state index contributed by atoms with van der Waals surface area (Å²) in [5.41, 5.74) is 0. The summed E-state index contributed by atoms with van der Waals surface area (Å²) in [6, 6.07) is 0. The van der Waals surface area contributed by atoms with Gasteiger partial charge in [0.1, 0.15) is 0 Å². The van der Waals surface area contributed by atoms with Crippen molar-refractivity contribution in [3.63, 3.8) is 0 Å². The van der Waals surface area contributed by atoms with Gasteiger partial charge in [0.25, 0.3) is 0 Å². The van der Waals surface area contributed by atoms with E-state index in [9.17, 15) is 18.6 Å². The van der Waals surface area contributed by atoms with Crippen molar-refractivity contribution in [1.82, 2.24) is 0 Å². The highest BCUT2D eigenvalue weighted by Gasteiger charge is 2.03. The summed E-state index contributed by atoms with van der Waals surface area (Å²) in [6.45, 7) is 4.18. The number of hydrogen-bond donors (Lipinski definition) is 0. The molecule has 0 rings (SSSR count). The third-order valence-electron chi connectivity index (χ3n) is 0.533. The number of rotatable bonds is 1. The maximum atomic E-state index is 10.2. The van der Waals surface area contributed by atoms with Gasteiger partial charge in [-0.3, -0.25) is 4.79 Å². The van der Waals surface area contributed by atoms with Crippen LogP contribution in [0.25, 0.3) is 0 Å². The van der Waals surface area contributed by atoms with E-state index >= 15 is 0 Å². The van der Waals surface area contributed by atoms with E-state index in [2.05, 4.69) is 25.9 Å². The lowest BCUT2D eigenvalue weighted by atomic mass is 10.8. The van der Waals surface area contributed by atoms with Gasteiger partial charge in [-0.05, 0) is 0 Å². The fourth-order valence-electron chi connectivity index (χ4n) is 0.221. The first-order valence-corrected chi connectivity index (χ1v) is 3.09. The minimum atomic E-state index is -1.99. The van der Waals surface area contributed by atoms with Gasteiger partial charge in [0.2, 0.25) is 0 Å². The van der Waals surface area contributed by atoms with Gasteiger partial charge in [-0.15, -0.1) is 0 Å². The van der Waals surface area contributed by atoms with Crippen LogP contribution < -0.4 is 0 Å². The van der Waals surface area contributed by atoms with Crippen molar-refractivity contribution in [3.8, 4) is 0 Å². The SMILES string of the molecule is C=COC(=O)OC(C)=O.O=C(OF)OF. The van der Waals surface area contributed by atoms with Gasteiger partial charge in [0.15, 0.2) is 0 Å². The van der Waals surface area contributed by atoms with Gasteiger partial charge in [0.05, 0.1) is 6.26 Å². The van der Waals surface area contributed by atoms with Gasteiger partial charge in [-0.2, -0.15) is 4.79 Å². The number of carbonyl (C=O) groups is 3. The summed E-state index contributed by atoms with van der Waals surface area (Å²) < 4.78 is 28.3. The zero-order valence-electron chi connectivity index (χ0n) is 7.40. The fraction of sp³-hybridized carbons (Fsp3) is 0.167. The standard InChI is InChI=1S/C5H6O4.CF2O3/c1-3-8-5(7)9-4(2)6;2-5-1(4)6-3/h3H,1H2,2H3;. The number of halogens is 2. The average Bonchev–Trinajstić information content (AvgIpc) is 2.16. The van der Waals surface area contributed by atoms with Gasteiger partial charge in [-0.25, -0.2) is 14.7 Å². The summed E-state index contributed by atoms with van der Waals surface area (Å²) in [7, 11) is 0. The Bertz CT molecular complexity index is 234. The highest BCUT2D eigenvalue weighted by Crippen LogP contribution is 1.84. The van der Waals surface area contributed by atoms with Crippen LogP contribution in [0.5, 0.6) is 0 Å². The average molecular weight is 228 g/mol. The summed E-state index contributed by atoms with van der Waals surface area (Å²) >= 11 is 0. The molecule has 86 valence electrons. The molecule has 0 heterocycles. The predicted octanol–water partition coefficient (Wildman–Crippen LogP) is 1.74. The van der Waals surface area contributed by atoms with E-state index < -0.39 is 18.3 Å². The Morgan fingerprint density at radius 3 is 1.80 bits per heavy atom. The number of hydrogen-bond acceptors (Lipinski definition) is 7. The maximum Gasteiger partial charge on any atom is 0.581 e. The molecule has 0 aliphatic heterocycles. The van der Waals surface area contributed by atoms with Gasteiger partial charge < -0.3 is 9.47 Å². The molecule has 15 heavy (non-hydrogen) atoms. The first-order chi connectivity index (χ1) is 6.97. The van der Waals surface area contributed by atoms with Crippen LogP contribution in [0.3, 0.4) is 0 Å². The van der Waals surface area contributed by atoms with E-state index in [0.717, 1.165) is 13.2 Å². The monoisotopic (exact) mass is 228 g/mol. The molecule has 0 aliphatic rings. The number of carbonyl (C=O) groups excluding carboxylic acids is 3. The summed E-state index contributed by atoms with van der Waals surface area (Å²) in [4.78, 5) is 33.4. The van der Waals surface area contributed by atoms with Crippen molar-refractivity contribution >= 4 is 18.3 Å². The normalized spacial score (nSPS) is 7.40. The zero-order valence-corrected chi connectivity index (χ0v) is 7.40. The highest BCUT2D eigenvalue weighted by atomic mass is 19.3. The topological polar surface area (TPSA) is 88.1 Å². The third-order valence-corrected chi connectivity index (χ3v) is 0.533. The number of esters is 1. The molecule has 0 unspecified atom stereocenters. The van der Waals surface area contributed by atoms with Crippen LogP contribution >= 0.6 is 0 Å². The Kier molecular flexibility index (Phi) is 10.1. The van der Waals surface area contributed by atoms with E-state index in [-0.39, 0.29) is 0 Å². The second-order valence-corrected chi connectivity index (χ2v) is 1.53. The summed E-state index contributed by atoms with van der Waals surface area (Å²) in [5.74, 6) is -0.707. The lowest BCUT2D eigenvalue weighted by molar-refractivity contribution is -0.167. The molecule has 0 aromatic rings. The Balaban J connectivity index is 0. The molecule has 0 amide bonds. The highest BCUT2D eigenvalue weighted by molar-refractivity contribution is 5.80. The van der Waals surface area contributed by atoms with Crippen molar-refractivity contribution < 1.29 is 42.8 Å². The van der Waals surface area contributed by atoms with Crippen molar-refractivity contribution in [2.24, 2.45) is 0 Å². The van der Waals surface area contributed by atoms with Crippen LogP contribution in [0.1, 0.15) is 6.92 Å².